The lowest BCUT2D eigenvalue weighted by molar-refractivity contribution is 0.0987. The number of piperazine rings is 1. The molecule has 4 aromatic rings. The van der Waals surface area contributed by atoms with Gasteiger partial charge in [-0.1, -0.05) is 6.07 Å². The van der Waals surface area contributed by atoms with E-state index >= 15 is 0 Å². The molecule has 1 N–H and O–H groups in total. The van der Waals surface area contributed by atoms with Crippen molar-refractivity contribution in [3.05, 3.63) is 54.5 Å². The molecule has 1 aliphatic heterocycles. The maximum absolute atomic E-state index is 5.41. The van der Waals surface area contributed by atoms with E-state index in [2.05, 4.69) is 43.1 Å². The molecule has 1 saturated heterocycles. The first-order valence-corrected chi connectivity index (χ1v) is 10.8. The fourth-order valence-electron chi connectivity index (χ4n) is 4.23. The Balaban J connectivity index is 1.48. The summed E-state index contributed by atoms with van der Waals surface area (Å²) in [6, 6.07) is 12.5. The summed E-state index contributed by atoms with van der Waals surface area (Å²) in [6.45, 7) is 5.54. The first kappa shape index (κ1) is 20.5. The first-order valence-electron chi connectivity index (χ1n) is 10.8. The Labute approximate surface area is 187 Å². The van der Waals surface area contributed by atoms with Gasteiger partial charge in [-0.05, 0) is 44.3 Å². The van der Waals surface area contributed by atoms with Crippen molar-refractivity contribution in [3.8, 4) is 22.6 Å². The number of likely N-dealkylation sites (N-methyl/N-ethyl adjacent to an activating group) is 1. The van der Waals surface area contributed by atoms with Gasteiger partial charge in [0, 0.05) is 38.0 Å². The van der Waals surface area contributed by atoms with Crippen LogP contribution in [0.25, 0.3) is 33.7 Å². The average Bonchev–Trinajstić information content (AvgIpc) is 3.30. The Morgan fingerprint density at radius 1 is 1.06 bits per heavy atom. The molecule has 8 nitrogen and oxygen atoms in total. The number of hydrogen-bond acceptors (Lipinski definition) is 7. The summed E-state index contributed by atoms with van der Waals surface area (Å²) >= 11 is 0. The van der Waals surface area contributed by atoms with Gasteiger partial charge in [-0.25, -0.2) is 4.98 Å². The lowest BCUT2D eigenvalue weighted by atomic mass is 10.1. The highest BCUT2D eigenvalue weighted by atomic mass is 16.5. The maximum Gasteiger partial charge on any atom is 0.0928 e. The minimum absolute atomic E-state index is 0.360. The molecular formula is C24H27N7O. The molecule has 32 heavy (non-hydrogen) atoms. The molecule has 1 fully saturated rings. The molecule has 164 valence electrons. The Morgan fingerprint density at radius 3 is 2.81 bits per heavy atom. The predicted molar refractivity (Wildman–Crippen MR) is 126 cm³/mol. The molecular weight excluding hydrogens is 402 g/mol. The van der Waals surface area contributed by atoms with E-state index in [-0.39, 0.29) is 0 Å². The molecule has 0 aliphatic carbocycles. The number of hydrogen-bond donors (Lipinski definition) is 1. The fraction of sp³-hybridized carbons (Fsp3) is 0.333. The van der Waals surface area contributed by atoms with Crippen LogP contribution >= 0.6 is 0 Å². The summed E-state index contributed by atoms with van der Waals surface area (Å²) in [4.78, 5) is 19.0. The lowest BCUT2D eigenvalue weighted by Gasteiger charge is -2.40. The summed E-state index contributed by atoms with van der Waals surface area (Å²) in [7, 11) is 3.91. The van der Waals surface area contributed by atoms with Crippen LogP contribution in [0.1, 0.15) is 5.69 Å². The smallest absolute Gasteiger partial charge is 0.0928 e. The van der Waals surface area contributed by atoms with E-state index in [0.717, 1.165) is 64.7 Å². The van der Waals surface area contributed by atoms with Crippen molar-refractivity contribution < 1.29 is 4.74 Å². The highest BCUT2D eigenvalue weighted by molar-refractivity contribution is 5.84. The van der Waals surface area contributed by atoms with Gasteiger partial charge in [0.25, 0.3) is 0 Å². The zero-order chi connectivity index (χ0) is 22.1. The van der Waals surface area contributed by atoms with Crippen LogP contribution in [0.15, 0.2) is 48.8 Å². The first-order chi connectivity index (χ1) is 15.6. The molecule has 0 aromatic carbocycles. The second-order valence-electron chi connectivity index (χ2n) is 8.29. The van der Waals surface area contributed by atoms with Gasteiger partial charge >= 0.3 is 0 Å². The molecule has 1 aliphatic rings. The van der Waals surface area contributed by atoms with Crippen LogP contribution in [0, 0.1) is 6.92 Å². The number of pyridine rings is 3. The summed E-state index contributed by atoms with van der Waals surface area (Å²) in [5, 5.41) is 7.35. The van der Waals surface area contributed by atoms with E-state index in [1.165, 1.54) is 0 Å². The summed E-state index contributed by atoms with van der Waals surface area (Å²) in [5.41, 5.74) is 7.28. The second kappa shape index (κ2) is 8.64. The molecule has 5 heterocycles. The summed E-state index contributed by atoms with van der Waals surface area (Å²) in [6.07, 6.45) is 3.75. The van der Waals surface area contributed by atoms with E-state index in [9.17, 15) is 0 Å². The van der Waals surface area contributed by atoms with E-state index in [1.54, 1.807) is 13.3 Å². The number of aromatic amines is 1. The van der Waals surface area contributed by atoms with Gasteiger partial charge in [0.2, 0.25) is 0 Å². The molecule has 0 amide bonds. The van der Waals surface area contributed by atoms with E-state index in [4.69, 9.17) is 9.72 Å². The zero-order valence-corrected chi connectivity index (χ0v) is 18.6. The number of rotatable bonds is 5. The minimum atomic E-state index is 0.360. The van der Waals surface area contributed by atoms with Gasteiger partial charge in [0.05, 0.1) is 58.8 Å². The van der Waals surface area contributed by atoms with E-state index < -0.39 is 0 Å². The molecule has 8 heteroatoms. The quantitative estimate of drug-likeness (QED) is 0.522. The normalized spacial score (nSPS) is 17.2. The predicted octanol–water partition coefficient (Wildman–Crippen LogP) is 3.16. The van der Waals surface area contributed by atoms with Crippen molar-refractivity contribution in [1.29, 1.82) is 0 Å². The third-order valence-electron chi connectivity index (χ3n) is 6.08. The molecule has 1 atom stereocenters. The van der Waals surface area contributed by atoms with Crippen LogP contribution in [0.2, 0.25) is 0 Å². The number of anilines is 1. The van der Waals surface area contributed by atoms with Crippen LogP contribution in [-0.2, 0) is 4.74 Å². The summed E-state index contributed by atoms with van der Waals surface area (Å²) < 4.78 is 5.41. The highest BCUT2D eigenvalue weighted by Gasteiger charge is 2.25. The third-order valence-corrected chi connectivity index (χ3v) is 6.08. The minimum Gasteiger partial charge on any atom is -0.383 e. The number of nitrogens with zero attached hydrogens (tertiary/aromatic N) is 6. The standard InChI is InChI=1S/C24H27N7O/c1-16-5-4-6-22(27-16)24-19(13-26-29-24)20-7-8-21-23(28-20)11-17(12-25-21)31-10-9-30(2)18(14-31)15-32-3/h4-8,11-13,18H,9-10,14-15H2,1-3H3,(H,26,29). The van der Waals surface area contributed by atoms with E-state index in [1.807, 2.05) is 43.5 Å². The number of aromatic nitrogens is 5. The topological polar surface area (TPSA) is 83.1 Å². The molecule has 5 rings (SSSR count). The number of H-pyrrole nitrogens is 1. The van der Waals surface area contributed by atoms with Gasteiger partial charge < -0.3 is 9.64 Å². The summed E-state index contributed by atoms with van der Waals surface area (Å²) in [5.74, 6) is 0. The van der Waals surface area contributed by atoms with Crippen molar-refractivity contribution in [2.24, 2.45) is 0 Å². The number of ether oxygens (including phenoxy) is 1. The Kier molecular flexibility index (Phi) is 5.55. The van der Waals surface area contributed by atoms with Crippen molar-refractivity contribution in [2.45, 2.75) is 13.0 Å². The Bertz CT molecular complexity index is 1240. The number of methoxy groups -OCH3 is 1. The zero-order valence-electron chi connectivity index (χ0n) is 18.6. The van der Waals surface area contributed by atoms with E-state index in [0.29, 0.717) is 12.6 Å². The van der Waals surface area contributed by atoms with Gasteiger partial charge in [0.1, 0.15) is 0 Å². The average molecular weight is 430 g/mol. The Morgan fingerprint density at radius 2 is 1.97 bits per heavy atom. The fourth-order valence-corrected chi connectivity index (χ4v) is 4.23. The molecule has 4 aromatic heterocycles. The second-order valence-corrected chi connectivity index (χ2v) is 8.29. The molecule has 0 radical (unpaired) electrons. The monoisotopic (exact) mass is 429 g/mol. The third kappa shape index (κ3) is 3.94. The Hall–Kier alpha value is -3.36. The van der Waals surface area contributed by atoms with Crippen LogP contribution in [0.3, 0.4) is 0 Å². The van der Waals surface area contributed by atoms with Gasteiger partial charge in [0.15, 0.2) is 0 Å². The van der Waals surface area contributed by atoms with Gasteiger partial charge in [-0.15, -0.1) is 0 Å². The van der Waals surface area contributed by atoms with Crippen molar-refractivity contribution in [3.63, 3.8) is 0 Å². The lowest BCUT2D eigenvalue weighted by Crippen LogP contribution is -2.53. The number of fused-ring (bicyclic) bond motifs is 1. The number of aryl methyl sites for hydroxylation is 1. The molecule has 0 saturated carbocycles. The number of nitrogens with one attached hydrogen (secondary N) is 1. The van der Waals surface area contributed by atoms with Crippen LogP contribution < -0.4 is 4.90 Å². The SMILES string of the molecule is COCC1CN(c2cnc3ccc(-c4cn[nH]c4-c4cccc(C)n4)nc3c2)CCN1C. The molecule has 1 unspecified atom stereocenters. The van der Waals surface area contributed by atoms with Crippen molar-refractivity contribution >= 4 is 16.7 Å². The molecule has 0 spiro atoms. The van der Waals surface area contributed by atoms with Crippen LogP contribution in [-0.4, -0.2) is 76.5 Å². The highest BCUT2D eigenvalue weighted by Crippen LogP contribution is 2.30. The largest absolute Gasteiger partial charge is 0.383 e. The van der Waals surface area contributed by atoms with Crippen LogP contribution in [0.5, 0.6) is 0 Å². The van der Waals surface area contributed by atoms with Crippen LogP contribution in [0.4, 0.5) is 5.69 Å². The maximum atomic E-state index is 5.41. The van der Waals surface area contributed by atoms with Crippen molar-refractivity contribution in [1.82, 2.24) is 30.0 Å². The van der Waals surface area contributed by atoms with Gasteiger partial charge in [-0.2, -0.15) is 5.10 Å². The molecule has 0 bridgehead atoms. The van der Waals surface area contributed by atoms with Crippen molar-refractivity contribution in [2.75, 3.05) is 45.3 Å². The van der Waals surface area contributed by atoms with Gasteiger partial charge in [-0.3, -0.25) is 20.0 Å².